The molecule has 0 radical (unpaired) electrons. The third-order valence-electron chi connectivity index (χ3n) is 6.58. The Labute approximate surface area is 201 Å². The zero-order valence-electron chi connectivity index (χ0n) is 20.5. The molecule has 1 atom stereocenters. The lowest BCUT2D eigenvalue weighted by Gasteiger charge is -2.36. The van der Waals surface area contributed by atoms with Crippen LogP contribution in [0.15, 0.2) is 18.2 Å². The molecule has 2 saturated heterocycles. The van der Waals surface area contributed by atoms with Crippen molar-refractivity contribution in [1.29, 1.82) is 0 Å². The second-order valence-electron chi connectivity index (χ2n) is 8.84. The first-order valence-corrected chi connectivity index (χ1v) is 12.3. The lowest BCUT2D eigenvalue weighted by atomic mass is 10.0. The monoisotopic (exact) mass is 469 g/mol. The summed E-state index contributed by atoms with van der Waals surface area (Å²) in [5.41, 5.74) is 2.02. The molecule has 0 bridgehead atoms. The number of rotatable bonds is 6. The van der Waals surface area contributed by atoms with E-state index in [1.165, 1.54) is 0 Å². The van der Waals surface area contributed by atoms with Crippen molar-refractivity contribution in [3.05, 3.63) is 29.6 Å². The minimum atomic E-state index is -0.263. The fourth-order valence-electron chi connectivity index (χ4n) is 4.82. The fourth-order valence-corrected chi connectivity index (χ4v) is 4.82. The van der Waals surface area contributed by atoms with Gasteiger partial charge in [-0.25, -0.2) is 14.8 Å². The molecule has 184 valence electrons. The van der Waals surface area contributed by atoms with Gasteiger partial charge in [0.15, 0.2) is 0 Å². The summed E-state index contributed by atoms with van der Waals surface area (Å²) in [6.07, 6.45) is 2.61. The number of anilines is 1. The van der Waals surface area contributed by atoms with Gasteiger partial charge in [0.1, 0.15) is 17.7 Å². The van der Waals surface area contributed by atoms with Gasteiger partial charge in [0.2, 0.25) is 0 Å². The zero-order valence-corrected chi connectivity index (χ0v) is 20.5. The average molecular weight is 470 g/mol. The fraction of sp³-hybridized carbons (Fsp3) is 0.600. The van der Waals surface area contributed by atoms with Crippen LogP contribution in [0.3, 0.4) is 0 Å². The maximum Gasteiger partial charge on any atom is 0.409 e. The standard InChI is InChI=1S/C25H35N5O4/c1-4-33-24(31)20-11-6-7-12-30(20)17-21-26-22-18(3)9-8-10-19(22)23(27-21)28-13-15-29(16-14-28)25(32)34-5-2/h8-10,20H,4-7,11-17H2,1-3H3/t20-/m1/s1. The van der Waals surface area contributed by atoms with E-state index in [-0.39, 0.29) is 18.1 Å². The van der Waals surface area contributed by atoms with E-state index in [1.807, 2.05) is 19.9 Å². The van der Waals surface area contributed by atoms with Crippen LogP contribution < -0.4 is 4.90 Å². The van der Waals surface area contributed by atoms with Gasteiger partial charge in [0, 0.05) is 31.6 Å². The number of piperidine rings is 1. The van der Waals surface area contributed by atoms with Gasteiger partial charge in [-0.05, 0) is 51.8 Å². The number of amides is 1. The number of piperazine rings is 1. The third kappa shape index (κ3) is 5.24. The van der Waals surface area contributed by atoms with Crippen molar-refractivity contribution in [3.63, 3.8) is 0 Å². The van der Waals surface area contributed by atoms with Gasteiger partial charge in [0.05, 0.1) is 25.3 Å². The van der Waals surface area contributed by atoms with E-state index in [9.17, 15) is 9.59 Å². The first kappa shape index (κ1) is 24.2. The highest BCUT2D eigenvalue weighted by molar-refractivity contribution is 5.91. The number of likely N-dealkylation sites (tertiary alicyclic amines) is 1. The maximum absolute atomic E-state index is 12.6. The van der Waals surface area contributed by atoms with Crippen molar-refractivity contribution in [2.45, 2.75) is 52.6 Å². The highest BCUT2D eigenvalue weighted by Gasteiger charge is 2.31. The predicted octanol–water partition coefficient (Wildman–Crippen LogP) is 3.13. The minimum absolute atomic E-state index is 0.158. The highest BCUT2D eigenvalue weighted by atomic mass is 16.6. The van der Waals surface area contributed by atoms with Crippen LogP contribution >= 0.6 is 0 Å². The third-order valence-corrected chi connectivity index (χ3v) is 6.58. The lowest BCUT2D eigenvalue weighted by Crippen LogP contribution is -2.49. The molecule has 34 heavy (non-hydrogen) atoms. The van der Waals surface area contributed by atoms with Gasteiger partial charge in [-0.2, -0.15) is 0 Å². The van der Waals surface area contributed by atoms with Crippen LogP contribution in [-0.4, -0.2) is 83.8 Å². The molecule has 1 aromatic heterocycles. The van der Waals surface area contributed by atoms with Crippen LogP contribution in [0.25, 0.3) is 10.9 Å². The largest absolute Gasteiger partial charge is 0.465 e. The first-order valence-electron chi connectivity index (χ1n) is 12.3. The van der Waals surface area contributed by atoms with Crippen molar-refractivity contribution in [2.75, 3.05) is 50.8 Å². The molecule has 0 N–H and O–H groups in total. The zero-order chi connectivity index (χ0) is 24.1. The molecule has 9 nitrogen and oxygen atoms in total. The summed E-state index contributed by atoms with van der Waals surface area (Å²) < 4.78 is 10.5. The number of para-hydroxylation sites is 1. The second kappa shape index (κ2) is 11.0. The first-order chi connectivity index (χ1) is 16.5. The van der Waals surface area contributed by atoms with E-state index in [1.54, 1.807) is 4.90 Å². The number of carbonyl (C=O) groups is 2. The Morgan fingerprint density at radius 3 is 2.50 bits per heavy atom. The van der Waals surface area contributed by atoms with Crippen molar-refractivity contribution in [3.8, 4) is 0 Å². The van der Waals surface area contributed by atoms with E-state index < -0.39 is 0 Å². The van der Waals surface area contributed by atoms with Crippen molar-refractivity contribution >= 4 is 28.8 Å². The van der Waals surface area contributed by atoms with Crippen LogP contribution in [0.1, 0.15) is 44.5 Å². The van der Waals surface area contributed by atoms with E-state index in [0.29, 0.717) is 51.8 Å². The van der Waals surface area contributed by atoms with E-state index >= 15 is 0 Å². The van der Waals surface area contributed by atoms with E-state index in [4.69, 9.17) is 19.4 Å². The summed E-state index contributed by atoms with van der Waals surface area (Å²) >= 11 is 0. The number of fused-ring (bicyclic) bond motifs is 1. The number of ether oxygens (including phenoxy) is 2. The summed E-state index contributed by atoms with van der Waals surface area (Å²) in [7, 11) is 0. The van der Waals surface area contributed by atoms with Crippen molar-refractivity contribution < 1.29 is 19.1 Å². The lowest BCUT2D eigenvalue weighted by molar-refractivity contribution is -0.151. The average Bonchev–Trinajstić information content (AvgIpc) is 2.85. The maximum atomic E-state index is 12.6. The van der Waals surface area contributed by atoms with E-state index in [2.05, 4.69) is 28.9 Å². The van der Waals surface area contributed by atoms with Crippen LogP contribution in [0.4, 0.5) is 10.6 Å². The molecule has 9 heteroatoms. The van der Waals surface area contributed by atoms with Gasteiger partial charge in [-0.1, -0.05) is 18.6 Å². The normalized spacial score (nSPS) is 19.3. The van der Waals surface area contributed by atoms with Crippen LogP contribution in [0.2, 0.25) is 0 Å². The SMILES string of the molecule is CCOC(=O)[C@H]1CCCCN1Cc1nc(N2CCN(C(=O)OCC)CC2)c2cccc(C)c2n1. The van der Waals surface area contributed by atoms with Gasteiger partial charge in [-0.15, -0.1) is 0 Å². The molecule has 3 heterocycles. The summed E-state index contributed by atoms with van der Waals surface area (Å²) in [4.78, 5) is 40.7. The molecule has 2 aliphatic heterocycles. The Balaban J connectivity index is 1.60. The molecule has 2 aromatic rings. The Morgan fingerprint density at radius 2 is 1.76 bits per heavy atom. The number of hydrogen-bond acceptors (Lipinski definition) is 8. The summed E-state index contributed by atoms with van der Waals surface area (Å²) in [6.45, 7) is 10.3. The number of aryl methyl sites for hydroxylation is 1. The molecular weight excluding hydrogens is 434 g/mol. The van der Waals surface area contributed by atoms with Crippen LogP contribution in [0, 0.1) is 6.92 Å². The smallest absolute Gasteiger partial charge is 0.409 e. The Hall–Kier alpha value is -2.94. The molecule has 1 aromatic carbocycles. The molecule has 2 fully saturated rings. The number of carbonyl (C=O) groups excluding carboxylic acids is 2. The second-order valence-corrected chi connectivity index (χ2v) is 8.84. The van der Waals surface area contributed by atoms with Gasteiger partial charge in [-0.3, -0.25) is 9.69 Å². The van der Waals surface area contributed by atoms with Crippen LogP contribution in [0.5, 0.6) is 0 Å². The van der Waals surface area contributed by atoms with Gasteiger partial charge in [0.25, 0.3) is 0 Å². The number of nitrogens with zero attached hydrogens (tertiary/aromatic N) is 5. The van der Waals surface area contributed by atoms with Gasteiger partial charge >= 0.3 is 12.1 Å². The molecule has 1 amide bonds. The summed E-state index contributed by atoms with van der Waals surface area (Å²) in [6, 6.07) is 5.90. The number of hydrogen-bond donors (Lipinski definition) is 0. The Bertz CT molecular complexity index is 1020. The van der Waals surface area contributed by atoms with E-state index in [0.717, 1.165) is 48.1 Å². The Kier molecular flexibility index (Phi) is 7.82. The number of esters is 1. The van der Waals surface area contributed by atoms with Gasteiger partial charge < -0.3 is 19.3 Å². The molecule has 0 aliphatic carbocycles. The molecular formula is C25H35N5O4. The topological polar surface area (TPSA) is 88.1 Å². The van der Waals surface area contributed by atoms with Crippen molar-refractivity contribution in [2.24, 2.45) is 0 Å². The molecule has 0 spiro atoms. The quantitative estimate of drug-likeness (QED) is 0.597. The summed E-state index contributed by atoms with van der Waals surface area (Å²) in [5.74, 6) is 1.44. The summed E-state index contributed by atoms with van der Waals surface area (Å²) in [5, 5.41) is 1.01. The molecule has 4 rings (SSSR count). The van der Waals surface area contributed by atoms with Crippen molar-refractivity contribution in [1.82, 2.24) is 19.8 Å². The Morgan fingerprint density at radius 1 is 1.00 bits per heavy atom. The number of aromatic nitrogens is 2. The number of benzene rings is 1. The molecule has 0 saturated carbocycles. The molecule has 2 aliphatic rings. The highest BCUT2D eigenvalue weighted by Crippen LogP contribution is 2.28. The predicted molar refractivity (Wildman–Crippen MR) is 130 cm³/mol. The molecule has 0 unspecified atom stereocenters. The minimum Gasteiger partial charge on any atom is -0.465 e. The van der Waals surface area contributed by atoms with Crippen LogP contribution in [-0.2, 0) is 20.8 Å².